The van der Waals surface area contributed by atoms with E-state index in [4.69, 9.17) is 11.6 Å². The van der Waals surface area contributed by atoms with Gasteiger partial charge in [-0.1, -0.05) is 11.6 Å². The second-order valence-electron chi connectivity index (χ2n) is 4.75. The van der Waals surface area contributed by atoms with Crippen molar-refractivity contribution < 1.29 is 9.59 Å². The monoisotopic (exact) mass is 333 g/mol. The molecule has 1 amide bonds. The number of rotatable bonds is 5. The van der Waals surface area contributed by atoms with Gasteiger partial charge in [0.05, 0.1) is 20.9 Å². The number of hydrogen-bond donors (Lipinski definition) is 2. The number of fused-ring (bicyclic) bond motifs is 1. The fraction of sp³-hybridized carbons (Fsp3) is 0.133. The lowest BCUT2D eigenvalue weighted by molar-refractivity contribution is -0.116. The molecule has 0 radical (unpaired) electrons. The predicted octanol–water partition coefficient (Wildman–Crippen LogP) is 3.88. The van der Waals surface area contributed by atoms with Crippen molar-refractivity contribution in [2.75, 3.05) is 5.32 Å². The number of ketones is 1. The number of nitrogens with one attached hydrogen (secondary N) is 2. The van der Waals surface area contributed by atoms with E-state index >= 15 is 0 Å². The normalized spacial score (nSPS) is 10.8. The van der Waals surface area contributed by atoms with Gasteiger partial charge in [0.1, 0.15) is 0 Å². The van der Waals surface area contributed by atoms with Gasteiger partial charge < -0.3 is 5.32 Å². The number of nitrogens with zero attached hydrogens (tertiary/aromatic N) is 1. The minimum atomic E-state index is -0.196. The number of carbonyl (C=O) groups excluding carboxylic acids is 2. The molecule has 3 aromatic rings. The molecule has 5 nitrogen and oxygen atoms in total. The smallest absolute Gasteiger partial charge is 0.224 e. The van der Waals surface area contributed by atoms with Gasteiger partial charge in [0.25, 0.3) is 0 Å². The Labute approximate surface area is 135 Å². The molecule has 2 aromatic heterocycles. The van der Waals surface area contributed by atoms with Gasteiger partial charge in [-0.15, -0.1) is 11.3 Å². The van der Waals surface area contributed by atoms with Crippen molar-refractivity contribution in [3.8, 4) is 0 Å². The third kappa shape index (κ3) is 3.35. The van der Waals surface area contributed by atoms with Crippen LogP contribution in [-0.4, -0.2) is 21.9 Å². The number of amides is 1. The molecule has 0 aliphatic heterocycles. The Balaban J connectivity index is 1.56. The standard InChI is InChI=1S/C15H12ClN3O2S/c16-14-5-4-13(22-14)12(20)3-6-15(21)18-10-1-2-11-9(7-10)8-17-19-11/h1-2,4-5,7-8H,3,6H2,(H,17,19)(H,18,21). The van der Waals surface area contributed by atoms with E-state index in [1.165, 1.54) is 11.3 Å². The molecule has 7 heteroatoms. The summed E-state index contributed by atoms with van der Waals surface area (Å²) in [5.74, 6) is -0.267. The van der Waals surface area contributed by atoms with Crippen molar-refractivity contribution in [2.45, 2.75) is 12.8 Å². The zero-order valence-electron chi connectivity index (χ0n) is 11.4. The number of Topliss-reactive ketones (excluding diaryl/α,β-unsaturated/α-hetero) is 1. The first kappa shape index (κ1) is 14.7. The van der Waals surface area contributed by atoms with Crippen LogP contribution in [0.1, 0.15) is 22.5 Å². The summed E-state index contributed by atoms with van der Waals surface area (Å²) in [5.41, 5.74) is 1.59. The van der Waals surface area contributed by atoms with E-state index in [9.17, 15) is 9.59 Å². The van der Waals surface area contributed by atoms with Gasteiger partial charge in [0.2, 0.25) is 5.91 Å². The van der Waals surface area contributed by atoms with Gasteiger partial charge >= 0.3 is 0 Å². The van der Waals surface area contributed by atoms with Gasteiger partial charge in [-0.25, -0.2) is 0 Å². The van der Waals surface area contributed by atoms with Crippen LogP contribution in [0.25, 0.3) is 10.9 Å². The first-order chi connectivity index (χ1) is 10.6. The molecule has 1 aromatic carbocycles. The fourth-order valence-electron chi connectivity index (χ4n) is 2.06. The van der Waals surface area contributed by atoms with Crippen LogP contribution in [0.2, 0.25) is 4.34 Å². The van der Waals surface area contributed by atoms with Crippen molar-refractivity contribution >= 4 is 51.2 Å². The quantitative estimate of drug-likeness (QED) is 0.696. The van der Waals surface area contributed by atoms with E-state index in [0.717, 1.165) is 10.9 Å². The van der Waals surface area contributed by atoms with Crippen molar-refractivity contribution in [1.82, 2.24) is 10.2 Å². The topological polar surface area (TPSA) is 74.8 Å². The Bertz CT molecular complexity index is 840. The number of aromatic nitrogens is 2. The van der Waals surface area contributed by atoms with Gasteiger partial charge in [-0.05, 0) is 30.3 Å². The number of carbonyl (C=O) groups is 2. The number of halogens is 1. The lowest BCUT2D eigenvalue weighted by Crippen LogP contribution is -2.13. The number of thiophene rings is 1. The van der Waals surface area contributed by atoms with Crippen LogP contribution < -0.4 is 5.32 Å². The van der Waals surface area contributed by atoms with E-state index in [1.807, 2.05) is 12.1 Å². The van der Waals surface area contributed by atoms with Crippen LogP contribution >= 0.6 is 22.9 Å². The fourth-order valence-corrected chi connectivity index (χ4v) is 3.07. The lowest BCUT2D eigenvalue weighted by Gasteiger charge is -2.04. The maximum absolute atomic E-state index is 11.9. The molecule has 0 aliphatic rings. The highest BCUT2D eigenvalue weighted by atomic mass is 35.5. The molecular weight excluding hydrogens is 322 g/mol. The summed E-state index contributed by atoms with van der Waals surface area (Å²) in [6, 6.07) is 8.83. The highest BCUT2D eigenvalue weighted by molar-refractivity contribution is 7.18. The summed E-state index contributed by atoms with van der Waals surface area (Å²) < 4.78 is 0.571. The van der Waals surface area contributed by atoms with E-state index in [-0.39, 0.29) is 24.5 Å². The summed E-state index contributed by atoms with van der Waals surface area (Å²) in [6.45, 7) is 0. The molecule has 0 atom stereocenters. The van der Waals surface area contributed by atoms with Crippen molar-refractivity contribution in [1.29, 1.82) is 0 Å². The van der Waals surface area contributed by atoms with Gasteiger partial charge in [-0.2, -0.15) is 5.10 Å². The van der Waals surface area contributed by atoms with E-state index in [2.05, 4.69) is 15.5 Å². The van der Waals surface area contributed by atoms with Crippen molar-refractivity contribution in [3.05, 3.63) is 45.7 Å². The Hall–Kier alpha value is -2.18. The third-order valence-corrected chi connectivity index (χ3v) is 4.42. The molecule has 2 heterocycles. The second-order valence-corrected chi connectivity index (χ2v) is 6.46. The number of hydrogen-bond acceptors (Lipinski definition) is 4. The van der Waals surface area contributed by atoms with Gasteiger partial charge in [0, 0.05) is 23.9 Å². The van der Waals surface area contributed by atoms with E-state index in [1.54, 1.807) is 24.4 Å². The number of anilines is 1. The van der Waals surface area contributed by atoms with Crippen LogP contribution in [0.15, 0.2) is 36.5 Å². The summed E-state index contributed by atoms with van der Waals surface area (Å²) in [4.78, 5) is 24.4. The molecule has 0 saturated carbocycles. The highest BCUT2D eigenvalue weighted by Gasteiger charge is 2.12. The maximum Gasteiger partial charge on any atom is 0.224 e. The largest absolute Gasteiger partial charge is 0.326 e. The van der Waals surface area contributed by atoms with E-state index < -0.39 is 0 Å². The second kappa shape index (κ2) is 6.29. The highest BCUT2D eigenvalue weighted by Crippen LogP contribution is 2.23. The third-order valence-electron chi connectivity index (χ3n) is 3.15. The first-order valence-corrected chi connectivity index (χ1v) is 7.83. The molecule has 0 spiro atoms. The molecule has 0 bridgehead atoms. The maximum atomic E-state index is 11.9. The molecule has 0 fully saturated rings. The number of aromatic amines is 1. The first-order valence-electron chi connectivity index (χ1n) is 6.63. The molecule has 0 unspecified atom stereocenters. The molecule has 3 rings (SSSR count). The van der Waals surface area contributed by atoms with Crippen molar-refractivity contribution in [3.63, 3.8) is 0 Å². The summed E-state index contributed by atoms with van der Waals surface area (Å²) in [7, 11) is 0. The summed E-state index contributed by atoms with van der Waals surface area (Å²) >= 11 is 7.02. The Morgan fingerprint density at radius 3 is 2.86 bits per heavy atom. The number of H-pyrrole nitrogens is 1. The lowest BCUT2D eigenvalue weighted by atomic mass is 10.2. The number of benzene rings is 1. The van der Waals surface area contributed by atoms with Crippen LogP contribution in [0.3, 0.4) is 0 Å². The SMILES string of the molecule is O=C(CCC(=O)c1ccc(Cl)s1)Nc1ccc2[nH]ncc2c1. The molecule has 0 aliphatic carbocycles. The average molecular weight is 334 g/mol. The minimum absolute atomic E-state index is 0.0719. The predicted molar refractivity (Wildman–Crippen MR) is 87.6 cm³/mol. The molecular formula is C15H12ClN3O2S. The summed E-state index contributed by atoms with van der Waals surface area (Å²) in [6.07, 6.45) is 1.99. The zero-order valence-corrected chi connectivity index (χ0v) is 13.0. The molecule has 0 saturated heterocycles. The van der Waals surface area contributed by atoms with Crippen LogP contribution in [-0.2, 0) is 4.79 Å². The van der Waals surface area contributed by atoms with E-state index in [0.29, 0.717) is 14.9 Å². The van der Waals surface area contributed by atoms with Gasteiger partial charge in [-0.3, -0.25) is 14.7 Å². The van der Waals surface area contributed by atoms with Crippen molar-refractivity contribution in [2.24, 2.45) is 0 Å². The molecule has 22 heavy (non-hydrogen) atoms. The van der Waals surface area contributed by atoms with Gasteiger partial charge in [0.15, 0.2) is 5.78 Å². The molecule has 112 valence electrons. The molecule has 2 N–H and O–H groups in total. The Kier molecular flexibility index (Phi) is 4.22. The Morgan fingerprint density at radius 2 is 2.09 bits per heavy atom. The zero-order chi connectivity index (χ0) is 15.5. The summed E-state index contributed by atoms with van der Waals surface area (Å²) in [5, 5.41) is 10.5. The van der Waals surface area contributed by atoms with Crippen LogP contribution in [0.4, 0.5) is 5.69 Å². The Morgan fingerprint density at radius 1 is 1.23 bits per heavy atom. The minimum Gasteiger partial charge on any atom is -0.326 e. The van der Waals surface area contributed by atoms with Crippen LogP contribution in [0.5, 0.6) is 0 Å². The van der Waals surface area contributed by atoms with Crippen LogP contribution in [0, 0.1) is 0 Å². The average Bonchev–Trinajstić information content (AvgIpc) is 3.13.